The molecule has 12 heteroatoms. The van der Waals surface area contributed by atoms with Crippen LogP contribution in [0.1, 0.15) is 54.5 Å². The summed E-state index contributed by atoms with van der Waals surface area (Å²) in [5.41, 5.74) is 3.36. The first-order chi connectivity index (χ1) is 24.1. The lowest BCUT2D eigenvalue weighted by Crippen LogP contribution is -2.46. The number of benzene rings is 3. The summed E-state index contributed by atoms with van der Waals surface area (Å²) in [6.45, 7) is 7.43. The molecule has 3 aromatic carbocycles. The first kappa shape index (κ1) is 34.3. The zero-order valence-electron chi connectivity index (χ0n) is 28.8. The summed E-state index contributed by atoms with van der Waals surface area (Å²) >= 11 is 0. The Morgan fingerprint density at radius 3 is 2.64 bits per heavy atom. The molecule has 0 bridgehead atoms. The molecule has 3 aliphatic rings. The van der Waals surface area contributed by atoms with Crippen LogP contribution >= 0.6 is 0 Å². The van der Waals surface area contributed by atoms with E-state index in [4.69, 9.17) is 4.74 Å². The van der Waals surface area contributed by atoms with Crippen molar-refractivity contribution in [2.24, 2.45) is 5.92 Å². The molecule has 6 atom stereocenters. The average molecular weight is 695 g/mol. The van der Waals surface area contributed by atoms with Gasteiger partial charge in [0.15, 0.2) is 13.9 Å². The third-order valence-electron chi connectivity index (χ3n) is 10.7. The number of aliphatic hydroxyl groups is 1. The number of hydrogen-bond acceptors (Lipinski definition) is 8. The molecule has 0 aliphatic carbocycles. The molecule has 3 aliphatic heterocycles. The molecule has 7 rings (SSSR count). The fourth-order valence-electron chi connectivity index (χ4n) is 8.42. The highest BCUT2D eigenvalue weighted by Crippen LogP contribution is 2.59. The highest BCUT2D eigenvalue weighted by atomic mass is 28.4. The first-order valence-electron chi connectivity index (χ1n) is 17.6. The van der Waals surface area contributed by atoms with Gasteiger partial charge in [0.05, 0.1) is 42.6 Å². The molecule has 0 radical (unpaired) electrons. The minimum atomic E-state index is -2.85. The van der Waals surface area contributed by atoms with Gasteiger partial charge in [0.2, 0.25) is 5.91 Å². The van der Waals surface area contributed by atoms with Crippen LogP contribution in [0.15, 0.2) is 85.1 Å². The van der Waals surface area contributed by atoms with Crippen molar-refractivity contribution in [1.29, 1.82) is 0 Å². The molecule has 2 saturated heterocycles. The van der Waals surface area contributed by atoms with E-state index >= 15 is 0 Å². The Kier molecular flexibility index (Phi) is 9.48. The summed E-state index contributed by atoms with van der Waals surface area (Å²) in [6, 6.07) is 25.0. The van der Waals surface area contributed by atoms with Crippen molar-refractivity contribution in [1.82, 2.24) is 20.3 Å². The third-order valence-corrected chi connectivity index (χ3v) is 13.2. The lowest BCUT2D eigenvalue weighted by Gasteiger charge is -2.32. The summed E-state index contributed by atoms with van der Waals surface area (Å²) in [7, 11) is -2.85. The highest BCUT2D eigenvalue weighted by Gasteiger charge is 2.66. The molecule has 11 nitrogen and oxygen atoms in total. The van der Waals surface area contributed by atoms with Crippen molar-refractivity contribution in [2.75, 3.05) is 23.4 Å². The molecule has 1 spiro atoms. The molecule has 0 saturated carbocycles. The molecule has 262 valence electrons. The van der Waals surface area contributed by atoms with Crippen molar-refractivity contribution in [3.63, 3.8) is 0 Å². The van der Waals surface area contributed by atoms with Crippen LogP contribution in [0, 0.1) is 5.92 Å². The van der Waals surface area contributed by atoms with Crippen LogP contribution in [0.25, 0.3) is 0 Å². The second-order valence-electron chi connectivity index (χ2n) is 14.4. The van der Waals surface area contributed by atoms with Crippen molar-refractivity contribution in [3.8, 4) is 0 Å². The van der Waals surface area contributed by atoms with Crippen molar-refractivity contribution < 1.29 is 24.2 Å². The minimum absolute atomic E-state index is 0.0474. The molecule has 2 fully saturated rings. The Hall–Kier alpha value is -4.20. The summed E-state index contributed by atoms with van der Waals surface area (Å²) < 4.78 is 8.74. The number of aryl methyl sites for hydroxylation is 1. The number of anilines is 2. The normalized spacial score (nSPS) is 25.3. The molecule has 2 amide bonds. The number of hydrogen-bond donors (Lipinski definition) is 4. The zero-order valence-corrected chi connectivity index (χ0v) is 29.8. The second kappa shape index (κ2) is 13.8. The van der Waals surface area contributed by atoms with Crippen molar-refractivity contribution in [2.45, 2.75) is 81.6 Å². The number of rotatable bonds is 11. The predicted octanol–water partition coefficient (Wildman–Crippen LogP) is 4.53. The van der Waals surface area contributed by atoms with E-state index in [-0.39, 0.29) is 41.8 Å². The quantitative estimate of drug-likeness (QED) is 0.168. The van der Waals surface area contributed by atoms with Crippen molar-refractivity contribution in [3.05, 3.63) is 107 Å². The molecular weight excluding hydrogens is 649 g/mol. The van der Waals surface area contributed by atoms with Gasteiger partial charge in [-0.1, -0.05) is 72.8 Å². The maximum absolute atomic E-state index is 14.8. The molecular formula is C38H46N6O5Si. The van der Waals surface area contributed by atoms with Gasteiger partial charge < -0.3 is 30.2 Å². The molecule has 1 aromatic heterocycles. The van der Waals surface area contributed by atoms with Gasteiger partial charge in [-0.05, 0) is 68.2 Å². The third kappa shape index (κ3) is 6.30. The van der Waals surface area contributed by atoms with Gasteiger partial charge in [-0.15, -0.1) is 5.10 Å². The number of fused-ring (bicyclic) bond motifs is 2. The SMILES string of the molecule is C[C@H]1[C@H]([Si](C)(C)O)[C@@H](CCn2cc(C(CO)c3ccccc3)nn2)O[C@]12C(=O)N(Cc1cccc(NC(=O)[C@H]3CCCN3)c1)c1ccccc12. The van der Waals surface area contributed by atoms with Gasteiger partial charge in [0.1, 0.15) is 0 Å². The minimum Gasteiger partial charge on any atom is -0.432 e. The van der Waals surface area contributed by atoms with Crippen LogP contribution in [0.4, 0.5) is 11.4 Å². The van der Waals surface area contributed by atoms with E-state index in [0.717, 1.165) is 41.8 Å². The van der Waals surface area contributed by atoms with Crippen LogP contribution in [0.2, 0.25) is 18.6 Å². The maximum atomic E-state index is 14.8. The molecule has 1 unspecified atom stereocenters. The number of nitrogens with one attached hydrogen (secondary N) is 2. The molecule has 50 heavy (non-hydrogen) atoms. The smallest absolute Gasteiger partial charge is 0.264 e. The number of para-hydroxylation sites is 1. The van der Waals surface area contributed by atoms with E-state index in [9.17, 15) is 19.5 Å². The zero-order chi connectivity index (χ0) is 35.0. The fourth-order valence-corrected chi connectivity index (χ4v) is 11.0. The van der Waals surface area contributed by atoms with Gasteiger partial charge in [-0.3, -0.25) is 14.3 Å². The Morgan fingerprint density at radius 1 is 1.12 bits per heavy atom. The predicted molar refractivity (Wildman–Crippen MR) is 193 cm³/mol. The molecule has 4 aromatic rings. The molecule has 4 N–H and O–H groups in total. The fraction of sp³-hybridized carbons (Fsp3) is 0.421. The van der Waals surface area contributed by atoms with Crippen LogP contribution < -0.4 is 15.5 Å². The van der Waals surface area contributed by atoms with E-state index in [0.29, 0.717) is 30.9 Å². The lowest BCUT2D eigenvalue weighted by molar-refractivity contribution is -0.146. The highest BCUT2D eigenvalue weighted by molar-refractivity contribution is 6.71. The van der Waals surface area contributed by atoms with Crippen LogP contribution in [0.5, 0.6) is 0 Å². The Bertz CT molecular complexity index is 1840. The average Bonchev–Trinajstić information content (AvgIpc) is 3.90. The summed E-state index contributed by atoms with van der Waals surface area (Å²) in [6.07, 6.45) is 3.79. The number of carbonyl (C=O) groups excluding carboxylic acids is 2. The summed E-state index contributed by atoms with van der Waals surface area (Å²) in [4.78, 5) is 41.0. The number of amides is 2. The van der Waals surface area contributed by atoms with Crippen LogP contribution in [-0.2, 0) is 33.0 Å². The van der Waals surface area contributed by atoms with Gasteiger partial charge in [0.25, 0.3) is 5.91 Å². The van der Waals surface area contributed by atoms with Gasteiger partial charge in [-0.2, -0.15) is 0 Å². The number of carbonyl (C=O) groups is 2. The topological polar surface area (TPSA) is 142 Å². The number of aromatic nitrogens is 3. The Balaban J connectivity index is 1.12. The first-order valence-corrected chi connectivity index (χ1v) is 20.6. The van der Waals surface area contributed by atoms with E-state index in [1.165, 1.54) is 0 Å². The van der Waals surface area contributed by atoms with Crippen molar-refractivity contribution >= 4 is 31.5 Å². The largest absolute Gasteiger partial charge is 0.432 e. The van der Waals surface area contributed by atoms with E-state index < -0.39 is 20.0 Å². The monoisotopic (exact) mass is 694 g/mol. The summed E-state index contributed by atoms with van der Waals surface area (Å²) in [5.74, 6) is -0.759. The van der Waals surface area contributed by atoms with E-state index in [1.54, 1.807) is 9.58 Å². The second-order valence-corrected chi connectivity index (χ2v) is 18.4. The van der Waals surface area contributed by atoms with Gasteiger partial charge in [0, 0.05) is 35.5 Å². The van der Waals surface area contributed by atoms with Gasteiger partial charge in [-0.25, -0.2) is 0 Å². The number of ether oxygens (including phenoxy) is 1. The summed E-state index contributed by atoms with van der Waals surface area (Å²) in [5, 5.41) is 25.2. The maximum Gasteiger partial charge on any atom is 0.264 e. The lowest BCUT2D eigenvalue weighted by atomic mass is 9.82. The Morgan fingerprint density at radius 2 is 1.90 bits per heavy atom. The van der Waals surface area contributed by atoms with E-state index in [1.807, 2.05) is 105 Å². The van der Waals surface area contributed by atoms with Crippen LogP contribution in [-0.4, -0.2) is 70.3 Å². The number of aliphatic hydroxyl groups excluding tert-OH is 1. The van der Waals surface area contributed by atoms with Gasteiger partial charge >= 0.3 is 0 Å². The molecule has 4 heterocycles. The van der Waals surface area contributed by atoms with Crippen LogP contribution in [0.3, 0.4) is 0 Å². The number of nitrogens with zero attached hydrogens (tertiary/aromatic N) is 4. The Labute approximate surface area is 293 Å². The van der Waals surface area contributed by atoms with E-state index in [2.05, 4.69) is 20.9 Å². The standard InChI is InChI=1S/C38H46N6O5Si/c1-25-35(50(2,3)48)34(18-20-43-23-32(41-42-43)29(24-45)27-12-5-4-6-13-27)49-38(25)30-15-7-8-17-33(30)44(37(38)47)22-26-11-9-14-28(21-26)40-36(46)31-16-10-19-39-31/h4-9,11-15,17,21,23,25,29,31,34-35,39,45,48H,10,16,18-20,22,24H2,1-3H3,(H,40,46)/t25-,29?,31+,34+,35-,38+/m0/s1.